The Bertz CT molecular complexity index is 1000. The van der Waals surface area contributed by atoms with Gasteiger partial charge in [-0.2, -0.15) is 4.98 Å². The molecule has 0 radical (unpaired) electrons. The Labute approximate surface area is 168 Å². The maximum Gasteiger partial charge on any atom is 0.258 e. The van der Waals surface area contributed by atoms with Crippen molar-refractivity contribution in [3.8, 4) is 22.8 Å². The van der Waals surface area contributed by atoms with Gasteiger partial charge in [-0.25, -0.2) is 0 Å². The molecule has 2 fully saturated rings. The van der Waals surface area contributed by atoms with Gasteiger partial charge in [-0.1, -0.05) is 41.6 Å². The van der Waals surface area contributed by atoms with Crippen LogP contribution in [0.5, 0.6) is 0 Å². The second-order valence-electron chi connectivity index (χ2n) is 7.27. The minimum Gasteiger partial charge on any atom is -0.347 e. The fraction of sp³-hybridized carbons (Fsp3) is 0.318. The molecule has 0 unspecified atom stereocenters. The molecular formula is C22H21N3O4. The largest absolute Gasteiger partial charge is 0.347 e. The third kappa shape index (κ3) is 3.54. The van der Waals surface area contributed by atoms with Crippen LogP contribution in [0.25, 0.3) is 22.8 Å². The van der Waals surface area contributed by atoms with E-state index in [1.165, 1.54) is 0 Å². The van der Waals surface area contributed by atoms with Crippen molar-refractivity contribution in [2.24, 2.45) is 0 Å². The second-order valence-corrected chi connectivity index (χ2v) is 7.27. The molecule has 0 N–H and O–H groups in total. The molecule has 3 heterocycles. The SMILES string of the molecule is O=C(c1cccc(-c2nc(-c3ccccc3)no2)c1)N1CCC2(CC1)OCCO2. The van der Waals surface area contributed by atoms with Gasteiger partial charge >= 0.3 is 0 Å². The first-order valence-corrected chi connectivity index (χ1v) is 9.79. The van der Waals surface area contributed by atoms with E-state index in [0.717, 1.165) is 11.1 Å². The van der Waals surface area contributed by atoms with Gasteiger partial charge < -0.3 is 18.9 Å². The van der Waals surface area contributed by atoms with E-state index < -0.39 is 5.79 Å². The molecular weight excluding hydrogens is 370 g/mol. The molecule has 2 aliphatic rings. The van der Waals surface area contributed by atoms with Crippen LogP contribution in [-0.2, 0) is 9.47 Å². The number of rotatable bonds is 3. The van der Waals surface area contributed by atoms with Crippen molar-refractivity contribution in [2.75, 3.05) is 26.3 Å². The van der Waals surface area contributed by atoms with Crippen LogP contribution in [0.4, 0.5) is 0 Å². The normalized spacial score (nSPS) is 18.3. The van der Waals surface area contributed by atoms with Crippen molar-refractivity contribution in [3.63, 3.8) is 0 Å². The van der Waals surface area contributed by atoms with Crippen LogP contribution in [0.3, 0.4) is 0 Å². The van der Waals surface area contributed by atoms with Crippen molar-refractivity contribution in [1.29, 1.82) is 0 Å². The summed E-state index contributed by atoms with van der Waals surface area (Å²) in [5, 5.41) is 4.06. The molecule has 3 aromatic rings. The average Bonchev–Trinajstić information content (AvgIpc) is 3.45. The van der Waals surface area contributed by atoms with E-state index in [4.69, 9.17) is 14.0 Å². The minimum atomic E-state index is -0.490. The highest BCUT2D eigenvalue weighted by Gasteiger charge is 2.40. The van der Waals surface area contributed by atoms with Crippen molar-refractivity contribution in [1.82, 2.24) is 15.0 Å². The number of carbonyl (C=O) groups excluding carboxylic acids is 1. The third-order valence-electron chi connectivity index (χ3n) is 5.44. The molecule has 0 saturated carbocycles. The number of benzene rings is 2. The maximum absolute atomic E-state index is 13.0. The van der Waals surface area contributed by atoms with Crippen LogP contribution in [0.15, 0.2) is 59.1 Å². The zero-order chi connectivity index (χ0) is 19.7. The standard InChI is InChI=1S/C22H21N3O4/c26-21(25-11-9-22(10-12-25)27-13-14-28-22)18-8-4-7-17(15-18)20-23-19(24-29-20)16-5-2-1-3-6-16/h1-8,15H,9-14H2. The molecule has 1 amide bonds. The first-order valence-electron chi connectivity index (χ1n) is 9.79. The van der Waals surface area contributed by atoms with Crippen molar-refractivity contribution < 1.29 is 18.8 Å². The number of ether oxygens (including phenoxy) is 2. The zero-order valence-corrected chi connectivity index (χ0v) is 15.9. The lowest BCUT2D eigenvalue weighted by Gasteiger charge is -2.37. The van der Waals surface area contributed by atoms with Crippen LogP contribution >= 0.6 is 0 Å². The Hall–Kier alpha value is -3.03. The Morgan fingerprint density at radius 1 is 0.931 bits per heavy atom. The van der Waals surface area contributed by atoms with E-state index in [1.54, 1.807) is 6.07 Å². The summed E-state index contributed by atoms with van der Waals surface area (Å²) < 4.78 is 16.9. The van der Waals surface area contributed by atoms with Gasteiger partial charge in [0.05, 0.1) is 13.2 Å². The van der Waals surface area contributed by atoms with E-state index in [0.29, 0.717) is 56.4 Å². The summed E-state index contributed by atoms with van der Waals surface area (Å²) in [6.07, 6.45) is 1.39. The van der Waals surface area contributed by atoms with Gasteiger partial charge in [0.25, 0.3) is 11.8 Å². The lowest BCUT2D eigenvalue weighted by Crippen LogP contribution is -2.47. The van der Waals surface area contributed by atoms with Gasteiger partial charge in [0.2, 0.25) is 5.82 Å². The van der Waals surface area contributed by atoms with Gasteiger partial charge in [0, 0.05) is 42.6 Å². The number of aromatic nitrogens is 2. The molecule has 2 aromatic carbocycles. The first-order chi connectivity index (χ1) is 14.2. The number of likely N-dealkylation sites (tertiary alicyclic amines) is 1. The predicted molar refractivity (Wildman–Crippen MR) is 105 cm³/mol. The summed E-state index contributed by atoms with van der Waals surface area (Å²) in [6.45, 7) is 2.49. The molecule has 1 spiro atoms. The summed E-state index contributed by atoms with van der Waals surface area (Å²) in [4.78, 5) is 19.3. The molecule has 1 aromatic heterocycles. The summed E-state index contributed by atoms with van der Waals surface area (Å²) in [5.74, 6) is 0.414. The number of carbonyl (C=O) groups is 1. The molecule has 0 atom stereocenters. The lowest BCUT2D eigenvalue weighted by molar-refractivity contribution is -0.181. The molecule has 0 aliphatic carbocycles. The topological polar surface area (TPSA) is 77.7 Å². The van der Waals surface area contributed by atoms with E-state index in [2.05, 4.69) is 10.1 Å². The van der Waals surface area contributed by atoms with E-state index in [1.807, 2.05) is 53.4 Å². The first kappa shape index (κ1) is 18.0. The highest BCUT2D eigenvalue weighted by Crippen LogP contribution is 2.32. The number of amides is 1. The molecule has 5 rings (SSSR count). The molecule has 7 heteroatoms. The Morgan fingerprint density at radius 2 is 1.66 bits per heavy atom. The van der Waals surface area contributed by atoms with Crippen LogP contribution < -0.4 is 0 Å². The highest BCUT2D eigenvalue weighted by atomic mass is 16.7. The van der Waals surface area contributed by atoms with Crippen LogP contribution in [-0.4, -0.2) is 53.0 Å². The van der Waals surface area contributed by atoms with Crippen molar-refractivity contribution in [3.05, 3.63) is 60.2 Å². The van der Waals surface area contributed by atoms with E-state index in [9.17, 15) is 4.79 Å². The average molecular weight is 391 g/mol. The van der Waals surface area contributed by atoms with Gasteiger partial charge in [-0.3, -0.25) is 4.79 Å². The van der Waals surface area contributed by atoms with Crippen molar-refractivity contribution in [2.45, 2.75) is 18.6 Å². The van der Waals surface area contributed by atoms with E-state index >= 15 is 0 Å². The van der Waals surface area contributed by atoms with Crippen molar-refractivity contribution >= 4 is 5.91 Å². The minimum absolute atomic E-state index is 0.0116. The van der Waals surface area contributed by atoms with Gasteiger partial charge in [-0.15, -0.1) is 0 Å². The lowest BCUT2D eigenvalue weighted by atomic mass is 10.0. The molecule has 148 valence electrons. The van der Waals surface area contributed by atoms with Gasteiger partial charge in [0.15, 0.2) is 5.79 Å². The summed E-state index contributed by atoms with van der Waals surface area (Å²) in [5.41, 5.74) is 2.21. The smallest absolute Gasteiger partial charge is 0.258 e. The van der Waals surface area contributed by atoms with Crippen LogP contribution in [0.2, 0.25) is 0 Å². The quantitative estimate of drug-likeness (QED) is 0.681. The molecule has 2 saturated heterocycles. The third-order valence-corrected chi connectivity index (χ3v) is 5.44. The number of piperidine rings is 1. The van der Waals surface area contributed by atoms with Crippen LogP contribution in [0, 0.1) is 0 Å². The fourth-order valence-electron chi connectivity index (χ4n) is 3.85. The monoisotopic (exact) mass is 391 g/mol. The van der Waals surface area contributed by atoms with Gasteiger partial charge in [-0.05, 0) is 18.2 Å². The Morgan fingerprint density at radius 3 is 2.41 bits per heavy atom. The Kier molecular flexibility index (Phi) is 4.61. The maximum atomic E-state index is 13.0. The zero-order valence-electron chi connectivity index (χ0n) is 15.9. The van der Waals surface area contributed by atoms with Crippen LogP contribution in [0.1, 0.15) is 23.2 Å². The van der Waals surface area contributed by atoms with Gasteiger partial charge in [0.1, 0.15) is 0 Å². The summed E-state index contributed by atoms with van der Waals surface area (Å²) in [6, 6.07) is 17.0. The number of hydrogen-bond acceptors (Lipinski definition) is 6. The highest BCUT2D eigenvalue weighted by molar-refractivity contribution is 5.95. The molecule has 7 nitrogen and oxygen atoms in total. The molecule has 29 heavy (non-hydrogen) atoms. The van der Waals surface area contributed by atoms with E-state index in [-0.39, 0.29) is 5.91 Å². The summed E-state index contributed by atoms with van der Waals surface area (Å²) >= 11 is 0. The fourth-order valence-corrected chi connectivity index (χ4v) is 3.85. The Balaban J connectivity index is 1.32. The predicted octanol–water partition coefficient (Wildman–Crippen LogP) is 3.38. The second kappa shape index (κ2) is 7.42. The molecule has 0 bridgehead atoms. The summed E-state index contributed by atoms with van der Waals surface area (Å²) in [7, 11) is 0. The molecule has 2 aliphatic heterocycles. The number of nitrogens with zero attached hydrogens (tertiary/aromatic N) is 3. The number of hydrogen-bond donors (Lipinski definition) is 0.